The minimum absolute atomic E-state index is 0.264. The van der Waals surface area contributed by atoms with E-state index in [0.29, 0.717) is 30.8 Å². The Labute approximate surface area is 113 Å². The molecule has 0 saturated heterocycles. The number of rotatable bonds is 7. The second-order valence-electron chi connectivity index (χ2n) is 4.10. The largest absolute Gasteiger partial charge is 0.493 e. The van der Waals surface area contributed by atoms with E-state index in [0.717, 1.165) is 5.56 Å². The summed E-state index contributed by atoms with van der Waals surface area (Å²) in [7, 11) is 4.46. The van der Waals surface area contributed by atoms with Crippen molar-refractivity contribution in [1.29, 1.82) is 0 Å². The van der Waals surface area contributed by atoms with E-state index in [9.17, 15) is 9.90 Å². The topological polar surface area (TPSA) is 65.0 Å². The summed E-state index contributed by atoms with van der Waals surface area (Å²) in [6.07, 6.45) is 0.734. The Balaban J connectivity index is 2.61. The van der Waals surface area contributed by atoms with Crippen molar-refractivity contribution in [3.63, 3.8) is 0 Å². The van der Waals surface area contributed by atoms with Crippen molar-refractivity contribution in [3.8, 4) is 11.5 Å². The van der Waals surface area contributed by atoms with Gasteiger partial charge >= 0.3 is 5.97 Å². The van der Waals surface area contributed by atoms with Gasteiger partial charge in [-0.25, -0.2) is 0 Å². The van der Waals surface area contributed by atoms with Gasteiger partial charge in [-0.2, -0.15) is 0 Å². The molecule has 1 N–H and O–H groups in total. The molecule has 0 aliphatic carbocycles. The zero-order chi connectivity index (χ0) is 14.3. The monoisotopic (exact) mass is 268 g/mol. The van der Waals surface area contributed by atoms with Crippen LogP contribution in [-0.4, -0.2) is 32.4 Å². The molecule has 0 spiro atoms. The smallest absolute Gasteiger partial charge is 0.305 e. The van der Waals surface area contributed by atoms with Gasteiger partial charge in [0.25, 0.3) is 0 Å². The molecule has 0 amide bonds. The first kappa shape index (κ1) is 15.3. The van der Waals surface area contributed by atoms with Gasteiger partial charge in [-0.1, -0.05) is 6.07 Å². The Bertz CT molecular complexity index is 416. The summed E-state index contributed by atoms with van der Waals surface area (Å²) < 4.78 is 14.9. The normalized spacial score (nSPS) is 11.8. The Morgan fingerprint density at radius 2 is 1.89 bits per heavy atom. The number of benzene rings is 1. The zero-order valence-electron chi connectivity index (χ0n) is 11.5. The molecule has 0 aliphatic heterocycles. The highest BCUT2D eigenvalue weighted by Gasteiger charge is 2.12. The van der Waals surface area contributed by atoms with E-state index >= 15 is 0 Å². The first-order chi connectivity index (χ1) is 9.12. The van der Waals surface area contributed by atoms with E-state index in [2.05, 4.69) is 4.74 Å². The Hall–Kier alpha value is -1.75. The van der Waals surface area contributed by atoms with Crippen molar-refractivity contribution in [2.75, 3.05) is 21.3 Å². The van der Waals surface area contributed by atoms with Crippen molar-refractivity contribution in [2.45, 2.75) is 25.4 Å². The molecule has 0 radical (unpaired) electrons. The third kappa shape index (κ3) is 4.44. The van der Waals surface area contributed by atoms with E-state index in [1.165, 1.54) is 7.11 Å². The highest BCUT2D eigenvalue weighted by Crippen LogP contribution is 2.31. The van der Waals surface area contributed by atoms with Crippen LogP contribution in [0.25, 0.3) is 0 Å². The molecule has 0 heterocycles. The van der Waals surface area contributed by atoms with Crippen molar-refractivity contribution >= 4 is 5.97 Å². The molecule has 1 rings (SSSR count). The van der Waals surface area contributed by atoms with Gasteiger partial charge in [0.05, 0.1) is 27.4 Å². The van der Waals surface area contributed by atoms with E-state index in [1.54, 1.807) is 32.4 Å². The summed E-state index contributed by atoms with van der Waals surface area (Å²) in [5.74, 6) is 0.930. The predicted octanol–water partition coefficient (Wildman–Crippen LogP) is 2.08. The molecule has 5 nitrogen and oxygen atoms in total. The fraction of sp³-hybridized carbons (Fsp3) is 0.500. The number of aliphatic hydroxyl groups is 1. The highest BCUT2D eigenvalue weighted by atomic mass is 16.5. The number of methoxy groups -OCH3 is 3. The molecule has 19 heavy (non-hydrogen) atoms. The average Bonchev–Trinajstić information content (AvgIpc) is 2.45. The maximum atomic E-state index is 11.0. The maximum Gasteiger partial charge on any atom is 0.305 e. The van der Waals surface area contributed by atoms with Crippen molar-refractivity contribution < 1.29 is 24.1 Å². The summed E-state index contributed by atoms with van der Waals surface area (Å²) in [4.78, 5) is 11.0. The SMILES string of the molecule is COC(=O)CCCC(O)c1ccc(OC)c(OC)c1. The highest BCUT2D eigenvalue weighted by molar-refractivity contribution is 5.69. The van der Waals surface area contributed by atoms with Gasteiger partial charge in [0.15, 0.2) is 11.5 Å². The second kappa shape index (κ2) is 7.63. The van der Waals surface area contributed by atoms with Crippen LogP contribution in [0.15, 0.2) is 18.2 Å². The van der Waals surface area contributed by atoms with E-state index in [-0.39, 0.29) is 5.97 Å². The lowest BCUT2D eigenvalue weighted by Gasteiger charge is -2.14. The maximum absolute atomic E-state index is 11.0. The Morgan fingerprint density at radius 3 is 2.47 bits per heavy atom. The summed E-state index contributed by atoms with van der Waals surface area (Å²) in [5.41, 5.74) is 0.738. The van der Waals surface area contributed by atoms with E-state index in [4.69, 9.17) is 9.47 Å². The summed E-state index contributed by atoms with van der Waals surface area (Å²) in [6, 6.07) is 5.27. The van der Waals surface area contributed by atoms with Gasteiger partial charge < -0.3 is 19.3 Å². The Morgan fingerprint density at radius 1 is 1.21 bits per heavy atom. The van der Waals surface area contributed by atoms with Crippen LogP contribution in [0, 0.1) is 0 Å². The van der Waals surface area contributed by atoms with Crippen LogP contribution in [0.4, 0.5) is 0 Å². The molecule has 0 fully saturated rings. The first-order valence-corrected chi connectivity index (χ1v) is 6.09. The molecule has 0 saturated carbocycles. The second-order valence-corrected chi connectivity index (χ2v) is 4.10. The van der Waals surface area contributed by atoms with Gasteiger partial charge in [-0.05, 0) is 30.5 Å². The summed E-state index contributed by atoms with van der Waals surface area (Å²) in [5, 5.41) is 10.0. The number of aliphatic hydroxyl groups excluding tert-OH is 1. The molecule has 0 aliphatic rings. The van der Waals surface area contributed by atoms with Gasteiger partial charge in [-0.15, -0.1) is 0 Å². The van der Waals surface area contributed by atoms with Crippen LogP contribution in [0.5, 0.6) is 11.5 Å². The van der Waals surface area contributed by atoms with Crippen molar-refractivity contribution in [2.24, 2.45) is 0 Å². The lowest BCUT2D eigenvalue weighted by atomic mass is 10.0. The minimum Gasteiger partial charge on any atom is -0.493 e. The van der Waals surface area contributed by atoms with Crippen molar-refractivity contribution in [3.05, 3.63) is 23.8 Å². The lowest BCUT2D eigenvalue weighted by molar-refractivity contribution is -0.140. The molecule has 106 valence electrons. The molecular weight excluding hydrogens is 248 g/mol. The van der Waals surface area contributed by atoms with E-state index in [1.807, 2.05) is 0 Å². The standard InChI is InChI=1S/C14H20O5/c1-17-12-8-7-10(9-13(12)18-2)11(15)5-4-6-14(16)19-3/h7-9,11,15H,4-6H2,1-3H3. The number of hydrogen-bond donors (Lipinski definition) is 1. The van der Waals surface area contributed by atoms with Gasteiger partial charge in [0.2, 0.25) is 0 Å². The number of hydrogen-bond acceptors (Lipinski definition) is 5. The van der Waals surface area contributed by atoms with Crippen LogP contribution in [0.2, 0.25) is 0 Å². The predicted molar refractivity (Wildman–Crippen MR) is 70.4 cm³/mol. The minimum atomic E-state index is -0.635. The number of esters is 1. The molecule has 1 unspecified atom stereocenters. The fourth-order valence-electron chi connectivity index (χ4n) is 1.77. The molecule has 0 bridgehead atoms. The zero-order valence-corrected chi connectivity index (χ0v) is 11.5. The van der Waals surface area contributed by atoms with E-state index < -0.39 is 6.10 Å². The number of ether oxygens (including phenoxy) is 3. The third-order valence-electron chi connectivity index (χ3n) is 2.88. The van der Waals surface area contributed by atoms with Crippen LogP contribution in [0.1, 0.15) is 30.9 Å². The molecule has 5 heteroatoms. The van der Waals surface area contributed by atoms with Gasteiger partial charge in [0, 0.05) is 6.42 Å². The van der Waals surface area contributed by atoms with Crippen LogP contribution in [-0.2, 0) is 9.53 Å². The Kier molecular flexibility index (Phi) is 6.15. The fourth-order valence-corrected chi connectivity index (χ4v) is 1.77. The number of carbonyl (C=O) groups is 1. The summed E-state index contributed by atoms with van der Waals surface area (Å²) in [6.45, 7) is 0. The molecule has 1 atom stereocenters. The van der Waals surface area contributed by atoms with Gasteiger partial charge in [0.1, 0.15) is 0 Å². The number of carbonyl (C=O) groups excluding carboxylic acids is 1. The summed E-state index contributed by atoms with van der Waals surface area (Å²) >= 11 is 0. The lowest BCUT2D eigenvalue weighted by Crippen LogP contribution is -2.03. The van der Waals surface area contributed by atoms with Gasteiger partial charge in [-0.3, -0.25) is 4.79 Å². The van der Waals surface area contributed by atoms with Crippen molar-refractivity contribution in [1.82, 2.24) is 0 Å². The molecule has 1 aromatic rings. The van der Waals surface area contributed by atoms with Crippen LogP contribution < -0.4 is 9.47 Å². The van der Waals surface area contributed by atoms with Crippen LogP contribution >= 0.6 is 0 Å². The quantitative estimate of drug-likeness (QED) is 0.767. The molecular formula is C14H20O5. The van der Waals surface area contributed by atoms with Crippen LogP contribution in [0.3, 0.4) is 0 Å². The molecule has 1 aromatic carbocycles. The third-order valence-corrected chi connectivity index (χ3v) is 2.88. The first-order valence-electron chi connectivity index (χ1n) is 6.09. The molecule has 0 aromatic heterocycles. The average molecular weight is 268 g/mol.